The second-order valence-corrected chi connectivity index (χ2v) is 5.02. The summed E-state index contributed by atoms with van der Waals surface area (Å²) in [5.41, 5.74) is 0.893. The van der Waals surface area contributed by atoms with Gasteiger partial charge in [-0.15, -0.1) is 0 Å². The Bertz CT molecular complexity index is 547. The molecule has 1 aliphatic rings. The summed E-state index contributed by atoms with van der Waals surface area (Å²) in [6.07, 6.45) is 7.04. The highest BCUT2D eigenvalue weighted by atomic mass is 15.1. The van der Waals surface area contributed by atoms with E-state index < -0.39 is 0 Å². The van der Waals surface area contributed by atoms with E-state index in [0.717, 1.165) is 42.2 Å². The van der Waals surface area contributed by atoms with Crippen molar-refractivity contribution >= 4 is 17.3 Å². The summed E-state index contributed by atoms with van der Waals surface area (Å²) >= 11 is 0. The highest BCUT2D eigenvalue weighted by Gasteiger charge is 2.32. The van der Waals surface area contributed by atoms with E-state index >= 15 is 0 Å². The predicted molar refractivity (Wildman–Crippen MR) is 72.9 cm³/mol. The first-order chi connectivity index (χ1) is 8.78. The molecule has 5 nitrogen and oxygen atoms in total. The quantitative estimate of drug-likeness (QED) is 0.848. The van der Waals surface area contributed by atoms with Gasteiger partial charge in [0.25, 0.3) is 0 Å². The second kappa shape index (κ2) is 4.48. The van der Waals surface area contributed by atoms with Crippen molar-refractivity contribution in [1.29, 1.82) is 0 Å². The summed E-state index contributed by atoms with van der Waals surface area (Å²) in [4.78, 5) is 8.93. The lowest BCUT2D eigenvalue weighted by molar-refractivity contribution is 0.784. The van der Waals surface area contributed by atoms with E-state index in [1.165, 1.54) is 6.42 Å². The Morgan fingerprint density at radius 1 is 1.44 bits per heavy atom. The van der Waals surface area contributed by atoms with E-state index in [0.29, 0.717) is 0 Å². The largest absolute Gasteiger partial charge is 0.369 e. The van der Waals surface area contributed by atoms with E-state index in [4.69, 9.17) is 0 Å². The molecule has 2 unspecified atom stereocenters. The van der Waals surface area contributed by atoms with Gasteiger partial charge in [-0.3, -0.25) is 0 Å². The van der Waals surface area contributed by atoms with Crippen molar-refractivity contribution < 1.29 is 0 Å². The van der Waals surface area contributed by atoms with Gasteiger partial charge in [-0.25, -0.2) is 9.97 Å². The number of imidazole rings is 1. The monoisotopic (exact) mass is 245 g/mol. The van der Waals surface area contributed by atoms with Crippen LogP contribution in [-0.4, -0.2) is 27.5 Å². The molecular weight excluding hydrogens is 226 g/mol. The molecular formula is C13H19N5. The number of anilines is 2. The number of hydrogen-bond donors (Lipinski definition) is 2. The number of fused-ring (bicyclic) bond motifs is 1. The van der Waals surface area contributed by atoms with Gasteiger partial charge in [-0.1, -0.05) is 6.92 Å². The molecule has 1 fully saturated rings. The van der Waals surface area contributed by atoms with E-state index in [9.17, 15) is 0 Å². The summed E-state index contributed by atoms with van der Waals surface area (Å²) in [5, 5.41) is 6.67. The van der Waals surface area contributed by atoms with Crippen LogP contribution in [0.15, 0.2) is 18.6 Å². The Balaban J connectivity index is 1.84. The van der Waals surface area contributed by atoms with E-state index in [1.54, 1.807) is 6.20 Å². The maximum absolute atomic E-state index is 4.58. The van der Waals surface area contributed by atoms with Gasteiger partial charge in [0, 0.05) is 25.5 Å². The van der Waals surface area contributed by atoms with Crippen LogP contribution in [-0.2, 0) is 0 Å². The number of rotatable bonds is 5. The molecule has 2 aromatic heterocycles. The van der Waals surface area contributed by atoms with Crippen molar-refractivity contribution in [2.45, 2.75) is 20.3 Å². The second-order valence-electron chi connectivity index (χ2n) is 5.02. The van der Waals surface area contributed by atoms with Crippen molar-refractivity contribution in [2.24, 2.45) is 11.8 Å². The standard InChI is InChI=1S/C13H19N5/c1-3-14-11-8-18-5-4-15-13(18)12(17-11)16-7-10-6-9(10)2/h4-5,8-10,14H,3,6-7H2,1-2H3,(H,16,17). The van der Waals surface area contributed by atoms with Crippen molar-refractivity contribution in [3.8, 4) is 0 Å². The van der Waals surface area contributed by atoms with Gasteiger partial charge in [0.15, 0.2) is 11.5 Å². The molecule has 0 amide bonds. The molecule has 18 heavy (non-hydrogen) atoms. The molecule has 3 rings (SSSR count). The Hall–Kier alpha value is -1.78. The Labute approximate surface area is 107 Å². The first-order valence-electron chi connectivity index (χ1n) is 6.59. The molecule has 0 radical (unpaired) electrons. The first-order valence-corrected chi connectivity index (χ1v) is 6.59. The van der Waals surface area contributed by atoms with Crippen molar-refractivity contribution in [2.75, 3.05) is 23.7 Å². The topological polar surface area (TPSA) is 54.2 Å². The fraction of sp³-hybridized carbons (Fsp3) is 0.538. The molecule has 2 heterocycles. The van der Waals surface area contributed by atoms with Gasteiger partial charge >= 0.3 is 0 Å². The maximum atomic E-state index is 4.58. The minimum atomic E-state index is 0.796. The molecule has 2 aromatic rings. The SMILES string of the molecule is CCNc1cn2ccnc2c(NCC2CC2C)n1. The Morgan fingerprint density at radius 3 is 3.00 bits per heavy atom. The molecule has 0 spiro atoms. The van der Waals surface area contributed by atoms with E-state index in [2.05, 4.69) is 34.4 Å². The Morgan fingerprint density at radius 2 is 2.28 bits per heavy atom. The van der Waals surface area contributed by atoms with Gasteiger partial charge in [-0.2, -0.15) is 0 Å². The summed E-state index contributed by atoms with van der Waals surface area (Å²) in [7, 11) is 0. The van der Waals surface area contributed by atoms with Crippen LogP contribution >= 0.6 is 0 Å². The zero-order chi connectivity index (χ0) is 12.5. The summed E-state index contributed by atoms with van der Waals surface area (Å²) in [5.74, 6) is 3.40. The average Bonchev–Trinajstić information content (AvgIpc) is 2.87. The normalized spacial score (nSPS) is 22.1. The minimum Gasteiger partial charge on any atom is -0.369 e. The Kier molecular flexibility index (Phi) is 2.81. The number of hydrogen-bond acceptors (Lipinski definition) is 4. The molecule has 0 saturated heterocycles. The molecule has 1 aliphatic carbocycles. The molecule has 0 aromatic carbocycles. The highest BCUT2D eigenvalue weighted by Crippen LogP contribution is 2.37. The lowest BCUT2D eigenvalue weighted by Gasteiger charge is -2.09. The molecule has 5 heteroatoms. The highest BCUT2D eigenvalue weighted by molar-refractivity contribution is 5.65. The van der Waals surface area contributed by atoms with Crippen LogP contribution in [0.1, 0.15) is 20.3 Å². The van der Waals surface area contributed by atoms with Crippen molar-refractivity contribution in [3.05, 3.63) is 18.6 Å². The fourth-order valence-corrected chi connectivity index (χ4v) is 2.23. The van der Waals surface area contributed by atoms with Crippen molar-refractivity contribution in [3.63, 3.8) is 0 Å². The van der Waals surface area contributed by atoms with Gasteiger partial charge in [0.2, 0.25) is 0 Å². The zero-order valence-electron chi connectivity index (χ0n) is 10.8. The van der Waals surface area contributed by atoms with Gasteiger partial charge < -0.3 is 15.0 Å². The number of nitrogens with one attached hydrogen (secondary N) is 2. The average molecular weight is 245 g/mol. The molecule has 0 bridgehead atoms. The first kappa shape index (κ1) is 11.3. The molecule has 2 atom stereocenters. The summed E-state index contributed by atoms with van der Waals surface area (Å²) < 4.78 is 2.00. The van der Waals surface area contributed by atoms with E-state index in [1.807, 2.05) is 16.8 Å². The molecule has 2 N–H and O–H groups in total. The third-order valence-corrected chi connectivity index (χ3v) is 3.54. The smallest absolute Gasteiger partial charge is 0.180 e. The van der Waals surface area contributed by atoms with Crippen LogP contribution in [0.4, 0.5) is 11.6 Å². The lowest BCUT2D eigenvalue weighted by atomic mass is 10.3. The van der Waals surface area contributed by atoms with Crippen LogP contribution < -0.4 is 10.6 Å². The van der Waals surface area contributed by atoms with Gasteiger partial charge in [0.05, 0.1) is 6.20 Å². The number of aromatic nitrogens is 3. The summed E-state index contributed by atoms with van der Waals surface area (Å²) in [6.45, 7) is 6.22. The van der Waals surface area contributed by atoms with Gasteiger partial charge in [0.1, 0.15) is 5.82 Å². The van der Waals surface area contributed by atoms with Crippen molar-refractivity contribution in [1.82, 2.24) is 14.4 Å². The third-order valence-electron chi connectivity index (χ3n) is 3.54. The maximum Gasteiger partial charge on any atom is 0.180 e. The van der Waals surface area contributed by atoms with Crippen LogP contribution in [0.5, 0.6) is 0 Å². The molecule has 96 valence electrons. The molecule has 0 aliphatic heterocycles. The number of nitrogens with zero attached hydrogens (tertiary/aromatic N) is 3. The van der Waals surface area contributed by atoms with E-state index in [-0.39, 0.29) is 0 Å². The summed E-state index contributed by atoms with van der Waals surface area (Å²) in [6, 6.07) is 0. The van der Waals surface area contributed by atoms with Crippen LogP contribution in [0, 0.1) is 11.8 Å². The third kappa shape index (κ3) is 2.12. The fourth-order valence-electron chi connectivity index (χ4n) is 2.23. The van der Waals surface area contributed by atoms with Crippen LogP contribution in [0.2, 0.25) is 0 Å². The molecule has 1 saturated carbocycles. The zero-order valence-corrected chi connectivity index (χ0v) is 10.8. The lowest BCUT2D eigenvalue weighted by Crippen LogP contribution is -2.10. The predicted octanol–water partition coefficient (Wildman–Crippen LogP) is 2.23. The van der Waals surface area contributed by atoms with Gasteiger partial charge in [-0.05, 0) is 25.2 Å². The van der Waals surface area contributed by atoms with Crippen LogP contribution in [0.25, 0.3) is 5.65 Å². The van der Waals surface area contributed by atoms with Crippen LogP contribution in [0.3, 0.4) is 0 Å². The minimum absolute atomic E-state index is 0.796.